The number of anilines is 1. The van der Waals surface area contributed by atoms with E-state index in [4.69, 9.17) is 5.73 Å². The Morgan fingerprint density at radius 2 is 2.30 bits per heavy atom. The molecule has 0 aliphatic rings. The maximum absolute atomic E-state index is 12.0. The van der Waals surface area contributed by atoms with Crippen LogP contribution in [0, 0.1) is 6.92 Å². The van der Waals surface area contributed by atoms with Gasteiger partial charge in [0, 0.05) is 24.7 Å². The van der Waals surface area contributed by atoms with Crippen molar-refractivity contribution in [1.29, 1.82) is 0 Å². The molecule has 2 heterocycles. The minimum absolute atomic E-state index is 0.101. The largest absolute Gasteiger partial charge is 0.374 e. The van der Waals surface area contributed by atoms with Gasteiger partial charge in [0.25, 0.3) is 5.56 Å². The van der Waals surface area contributed by atoms with Crippen LogP contribution in [0.25, 0.3) is 0 Å². The van der Waals surface area contributed by atoms with Crippen molar-refractivity contribution in [3.05, 3.63) is 27.1 Å². The Morgan fingerprint density at radius 3 is 2.96 bits per heavy atom. The lowest BCUT2D eigenvalue weighted by Gasteiger charge is -2.11. The Hall–Kier alpha value is -1.94. The minimum atomic E-state index is -0.350. The number of aryl methyl sites for hydroxylation is 2. The number of thioether (sulfide) groups is 1. The van der Waals surface area contributed by atoms with Gasteiger partial charge in [0.15, 0.2) is 5.16 Å². The SMILES string of the molecule is Cc1cc(=O)[nH]c(S[C@@H](C)C(=O)NCCCc2nnc(N)s2)n1. The number of nitrogens with zero attached hydrogens (tertiary/aromatic N) is 3. The monoisotopic (exact) mass is 354 g/mol. The van der Waals surface area contributed by atoms with Crippen LogP contribution >= 0.6 is 23.1 Å². The van der Waals surface area contributed by atoms with Crippen LogP contribution in [0.5, 0.6) is 0 Å². The molecule has 1 atom stereocenters. The zero-order valence-corrected chi connectivity index (χ0v) is 14.5. The van der Waals surface area contributed by atoms with E-state index in [2.05, 4.69) is 25.5 Å². The van der Waals surface area contributed by atoms with E-state index >= 15 is 0 Å². The quantitative estimate of drug-likeness (QED) is 0.380. The molecule has 0 aliphatic heterocycles. The van der Waals surface area contributed by atoms with Crippen molar-refractivity contribution < 1.29 is 4.79 Å². The fourth-order valence-electron chi connectivity index (χ4n) is 1.79. The van der Waals surface area contributed by atoms with Crippen molar-refractivity contribution in [3.8, 4) is 0 Å². The van der Waals surface area contributed by atoms with E-state index in [0.29, 0.717) is 22.5 Å². The Balaban J connectivity index is 1.75. The predicted molar refractivity (Wildman–Crippen MR) is 90.6 cm³/mol. The molecule has 10 heteroatoms. The first kappa shape index (κ1) is 17.4. The van der Waals surface area contributed by atoms with Crippen LogP contribution in [0.3, 0.4) is 0 Å². The Bertz CT molecular complexity index is 729. The molecule has 2 aromatic heterocycles. The molecule has 124 valence electrons. The summed E-state index contributed by atoms with van der Waals surface area (Å²) in [7, 11) is 0. The van der Waals surface area contributed by atoms with Gasteiger partial charge in [-0.3, -0.25) is 9.59 Å². The summed E-state index contributed by atoms with van der Waals surface area (Å²) in [5, 5.41) is 11.9. The first-order valence-electron chi connectivity index (χ1n) is 7.04. The van der Waals surface area contributed by atoms with Crippen molar-refractivity contribution in [1.82, 2.24) is 25.5 Å². The Morgan fingerprint density at radius 1 is 1.52 bits per heavy atom. The van der Waals surface area contributed by atoms with Gasteiger partial charge in [-0.15, -0.1) is 10.2 Å². The van der Waals surface area contributed by atoms with Crippen molar-refractivity contribution in [2.45, 2.75) is 37.1 Å². The molecular formula is C13H18N6O2S2. The molecule has 0 saturated carbocycles. The number of H-pyrrole nitrogens is 1. The first-order valence-corrected chi connectivity index (χ1v) is 8.74. The first-order chi connectivity index (χ1) is 10.9. The molecule has 0 spiro atoms. The topological polar surface area (TPSA) is 127 Å². The molecule has 2 rings (SSSR count). The van der Waals surface area contributed by atoms with Gasteiger partial charge in [-0.2, -0.15) is 0 Å². The zero-order valence-electron chi connectivity index (χ0n) is 12.8. The maximum atomic E-state index is 12.0. The highest BCUT2D eigenvalue weighted by molar-refractivity contribution is 8.00. The summed E-state index contributed by atoms with van der Waals surface area (Å²) < 4.78 is 0. The molecule has 0 fully saturated rings. The maximum Gasteiger partial charge on any atom is 0.251 e. The van der Waals surface area contributed by atoms with Crippen LogP contribution in [0.1, 0.15) is 24.0 Å². The minimum Gasteiger partial charge on any atom is -0.374 e. The molecule has 1 amide bonds. The molecule has 0 radical (unpaired) electrons. The second-order valence-electron chi connectivity index (χ2n) is 4.88. The van der Waals surface area contributed by atoms with Crippen molar-refractivity contribution >= 4 is 34.1 Å². The van der Waals surface area contributed by atoms with E-state index in [1.54, 1.807) is 13.8 Å². The molecule has 0 aliphatic carbocycles. The highest BCUT2D eigenvalue weighted by atomic mass is 32.2. The lowest BCUT2D eigenvalue weighted by Crippen LogP contribution is -2.32. The molecule has 0 bridgehead atoms. The van der Waals surface area contributed by atoms with Gasteiger partial charge in [-0.05, 0) is 20.3 Å². The second kappa shape index (κ2) is 8.06. The van der Waals surface area contributed by atoms with Crippen LogP contribution in [-0.4, -0.2) is 37.9 Å². The number of hydrogen-bond acceptors (Lipinski definition) is 8. The molecule has 0 aromatic carbocycles. The molecular weight excluding hydrogens is 336 g/mol. The number of aromatic nitrogens is 4. The molecule has 8 nitrogen and oxygen atoms in total. The lowest BCUT2D eigenvalue weighted by molar-refractivity contribution is -0.120. The molecule has 4 N–H and O–H groups in total. The predicted octanol–water partition coefficient (Wildman–Crippen LogP) is 0.742. The number of amides is 1. The van der Waals surface area contributed by atoms with Gasteiger partial charge in [-0.1, -0.05) is 23.1 Å². The van der Waals surface area contributed by atoms with Gasteiger partial charge in [0.1, 0.15) is 5.01 Å². The molecule has 0 unspecified atom stereocenters. The van der Waals surface area contributed by atoms with Crippen molar-refractivity contribution in [2.24, 2.45) is 0 Å². The number of nitrogens with two attached hydrogens (primary N) is 1. The summed E-state index contributed by atoms with van der Waals surface area (Å²) in [5.41, 5.74) is 5.91. The van der Waals surface area contributed by atoms with Crippen LogP contribution in [0.15, 0.2) is 16.0 Å². The van der Waals surface area contributed by atoms with E-state index < -0.39 is 0 Å². The summed E-state index contributed by atoms with van der Waals surface area (Å²) in [5.74, 6) is -0.101. The third kappa shape index (κ3) is 5.64. The second-order valence-corrected chi connectivity index (χ2v) is 7.30. The van der Waals surface area contributed by atoms with Crippen LogP contribution in [0.4, 0.5) is 5.13 Å². The summed E-state index contributed by atoms with van der Waals surface area (Å²) in [6.07, 6.45) is 1.49. The van der Waals surface area contributed by atoms with E-state index in [1.807, 2.05) is 0 Å². The summed E-state index contributed by atoms with van der Waals surface area (Å²) in [6, 6.07) is 1.41. The fraction of sp³-hybridized carbons (Fsp3) is 0.462. The average molecular weight is 354 g/mol. The van der Waals surface area contributed by atoms with Gasteiger partial charge in [0.05, 0.1) is 5.25 Å². The Kier molecular flexibility index (Phi) is 6.11. The highest BCUT2D eigenvalue weighted by Gasteiger charge is 2.15. The number of carbonyl (C=O) groups is 1. The molecule has 2 aromatic rings. The number of hydrogen-bond donors (Lipinski definition) is 3. The summed E-state index contributed by atoms with van der Waals surface area (Å²) in [6.45, 7) is 4.05. The van der Waals surface area contributed by atoms with Gasteiger partial charge < -0.3 is 16.0 Å². The van der Waals surface area contributed by atoms with E-state index in [-0.39, 0.29) is 16.7 Å². The van der Waals surface area contributed by atoms with E-state index in [9.17, 15) is 9.59 Å². The Labute approximate surface area is 141 Å². The number of carbonyl (C=O) groups excluding carboxylic acids is 1. The van der Waals surface area contributed by atoms with Gasteiger partial charge >= 0.3 is 0 Å². The standard InChI is InChI=1S/C13H18N6O2S2/c1-7-6-9(20)17-13(16-7)22-8(2)11(21)15-5-3-4-10-18-19-12(14)23-10/h6,8H,3-5H2,1-2H3,(H2,14,19)(H,15,21)(H,16,17,20)/t8-/m0/s1. The molecule has 0 saturated heterocycles. The summed E-state index contributed by atoms with van der Waals surface area (Å²) in [4.78, 5) is 30.2. The zero-order chi connectivity index (χ0) is 16.8. The number of nitrogens with one attached hydrogen (secondary N) is 2. The van der Waals surface area contributed by atoms with E-state index in [1.165, 1.54) is 29.2 Å². The molecule has 23 heavy (non-hydrogen) atoms. The number of aromatic amines is 1. The normalized spacial score (nSPS) is 12.1. The van der Waals surface area contributed by atoms with E-state index in [0.717, 1.165) is 17.8 Å². The fourth-order valence-corrected chi connectivity index (χ4v) is 3.32. The highest BCUT2D eigenvalue weighted by Crippen LogP contribution is 2.18. The third-order valence-electron chi connectivity index (χ3n) is 2.85. The van der Waals surface area contributed by atoms with Gasteiger partial charge in [0.2, 0.25) is 11.0 Å². The average Bonchev–Trinajstić information content (AvgIpc) is 2.87. The van der Waals surface area contributed by atoms with Gasteiger partial charge in [-0.25, -0.2) is 4.98 Å². The lowest BCUT2D eigenvalue weighted by atomic mass is 10.3. The smallest absolute Gasteiger partial charge is 0.251 e. The number of nitrogen functional groups attached to an aromatic ring is 1. The number of rotatable bonds is 7. The van der Waals surface area contributed by atoms with Crippen molar-refractivity contribution in [3.63, 3.8) is 0 Å². The van der Waals surface area contributed by atoms with Crippen molar-refractivity contribution in [2.75, 3.05) is 12.3 Å². The van der Waals surface area contributed by atoms with Crippen LogP contribution in [-0.2, 0) is 11.2 Å². The summed E-state index contributed by atoms with van der Waals surface area (Å²) >= 11 is 2.58. The third-order valence-corrected chi connectivity index (χ3v) is 4.65. The van der Waals surface area contributed by atoms with Crippen LogP contribution < -0.4 is 16.6 Å². The van der Waals surface area contributed by atoms with Crippen LogP contribution in [0.2, 0.25) is 0 Å².